The third-order valence-electron chi connectivity index (χ3n) is 5.25. The van der Waals surface area contributed by atoms with Gasteiger partial charge < -0.3 is 14.8 Å². The Morgan fingerprint density at radius 1 is 1.12 bits per heavy atom. The molecule has 1 N–H and O–H groups in total. The van der Waals surface area contributed by atoms with E-state index in [1.54, 1.807) is 6.08 Å². The summed E-state index contributed by atoms with van der Waals surface area (Å²) in [5, 5.41) is 3.76. The number of nitrogens with one attached hydrogen (secondary N) is 1. The van der Waals surface area contributed by atoms with Gasteiger partial charge in [0.15, 0.2) is 0 Å². The molecular weight excluding hydrogens is 322 g/mol. The van der Waals surface area contributed by atoms with Crippen LogP contribution in [0.4, 0.5) is 5.69 Å². The lowest BCUT2D eigenvalue weighted by atomic mass is 9.77. The molecule has 0 bridgehead atoms. The smallest absolute Gasteiger partial charge is 0.120 e. The van der Waals surface area contributed by atoms with Gasteiger partial charge in [-0.1, -0.05) is 36.9 Å². The van der Waals surface area contributed by atoms with E-state index in [0.29, 0.717) is 31.1 Å². The van der Waals surface area contributed by atoms with E-state index in [1.807, 2.05) is 13.0 Å². The zero-order chi connectivity index (χ0) is 17.9. The van der Waals surface area contributed by atoms with Gasteiger partial charge in [0, 0.05) is 11.6 Å². The van der Waals surface area contributed by atoms with Crippen LogP contribution in [-0.4, -0.2) is 13.2 Å². The zero-order valence-electron chi connectivity index (χ0n) is 15.2. The topological polar surface area (TPSA) is 30.5 Å². The maximum absolute atomic E-state index is 5.73. The van der Waals surface area contributed by atoms with Crippen molar-refractivity contribution >= 4 is 5.69 Å². The van der Waals surface area contributed by atoms with Crippen LogP contribution < -0.4 is 14.8 Å². The Morgan fingerprint density at radius 3 is 2.69 bits per heavy atom. The van der Waals surface area contributed by atoms with Crippen LogP contribution in [0.5, 0.6) is 11.5 Å². The summed E-state index contributed by atoms with van der Waals surface area (Å²) in [6.07, 6.45) is 7.53. The largest absolute Gasteiger partial charge is 0.494 e. The summed E-state index contributed by atoms with van der Waals surface area (Å²) in [5.74, 6) is 2.78. The summed E-state index contributed by atoms with van der Waals surface area (Å²) >= 11 is 0. The number of allylic oxidation sites excluding steroid dienone is 2. The first-order chi connectivity index (χ1) is 12.8. The van der Waals surface area contributed by atoms with E-state index in [1.165, 1.54) is 16.8 Å². The molecule has 0 spiro atoms. The molecule has 3 heteroatoms. The number of ether oxygens (including phenoxy) is 2. The van der Waals surface area contributed by atoms with Gasteiger partial charge in [0.05, 0.1) is 12.6 Å². The van der Waals surface area contributed by atoms with Gasteiger partial charge in [-0.25, -0.2) is 0 Å². The Morgan fingerprint density at radius 2 is 1.92 bits per heavy atom. The molecule has 134 valence electrons. The van der Waals surface area contributed by atoms with Gasteiger partial charge >= 0.3 is 0 Å². The average Bonchev–Trinajstić information content (AvgIpc) is 3.17. The third kappa shape index (κ3) is 3.10. The van der Waals surface area contributed by atoms with Crippen LogP contribution in [0.2, 0.25) is 0 Å². The molecule has 4 rings (SSSR count). The van der Waals surface area contributed by atoms with E-state index < -0.39 is 0 Å². The van der Waals surface area contributed by atoms with E-state index >= 15 is 0 Å². The standard InChI is InChI=1S/C23H25NO2/c1-3-14-26-18-12-13-22-21(15-18)19-6-5-7-20(19)23(24-22)16-8-10-17(11-9-16)25-4-2/h3,5-6,8-13,15,19-20,23-24H,1,4,7,14H2,2H3. The van der Waals surface area contributed by atoms with Gasteiger partial charge in [-0.3, -0.25) is 0 Å². The Hall–Kier alpha value is -2.68. The fourth-order valence-electron chi connectivity index (χ4n) is 4.09. The summed E-state index contributed by atoms with van der Waals surface area (Å²) in [5.41, 5.74) is 3.83. The van der Waals surface area contributed by atoms with Crippen molar-refractivity contribution in [1.82, 2.24) is 0 Å². The summed E-state index contributed by atoms with van der Waals surface area (Å²) in [7, 11) is 0. The second kappa shape index (κ2) is 7.28. The highest BCUT2D eigenvalue weighted by molar-refractivity contribution is 5.61. The first kappa shape index (κ1) is 16.8. The molecule has 3 nitrogen and oxygen atoms in total. The maximum atomic E-state index is 5.73. The minimum absolute atomic E-state index is 0.304. The average molecular weight is 347 g/mol. The van der Waals surface area contributed by atoms with Gasteiger partial charge in [0.1, 0.15) is 18.1 Å². The Labute approximate surface area is 155 Å². The van der Waals surface area contributed by atoms with Crippen molar-refractivity contribution in [1.29, 1.82) is 0 Å². The van der Waals surface area contributed by atoms with Crippen LogP contribution in [-0.2, 0) is 0 Å². The summed E-state index contributed by atoms with van der Waals surface area (Å²) in [4.78, 5) is 0. The van der Waals surface area contributed by atoms with E-state index in [2.05, 4.69) is 60.4 Å². The molecule has 2 aromatic carbocycles. The summed E-state index contributed by atoms with van der Waals surface area (Å²) < 4.78 is 11.3. The third-order valence-corrected chi connectivity index (χ3v) is 5.25. The van der Waals surface area contributed by atoms with Gasteiger partial charge in [-0.15, -0.1) is 0 Å². The lowest BCUT2D eigenvalue weighted by Crippen LogP contribution is -2.29. The molecule has 2 aliphatic rings. The van der Waals surface area contributed by atoms with Gasteiger partial charge in [-0.2, -0.15) is 0 Å². The van der Waals surface area contributed by atoms with E-state index in [-0.39, 0.29) is 0 Å². The highest BCUT2D eigenvalue weighted by Gasteiger charge is 2.38. The first-order valence-electron chi connectivity index (χ1n) is 9.33. The lowest BCUT2D eigenvalue weighted by Gasteiger charge is -2.37. The van der Waals surface area contributed by atoms with Crippen LogP contribution in [0.1, 0.15) is 36.4 Å². The van der Waals surface area contributed by atoms with Crippen LogP contribution in [0.15, 0.2) is 67.3 Å². The Balaban J connectivity index is 1.63. The Kier molecular flexibility index (Phi) is 4.70. The molecule has 0 saturated heterocycles. The molecule has 0 amide bonds. The Bertz CT molecular complexity index is 809. The number of anilines is 1. The molecule has 2 aromatic rings. The predicted molar refractivity (Wildman–Crippen MR) is 106 cm³/mol. The van der Waals surface area contributed by atoms with Crippen LogP contribution in [0, 0.1) is 5.92 Å². The number of hydrogen-bond acceptors (Lipinski definition) is 3. The number of rotatable bonds is 6. The normalized spacial score (nSPS) is 22.9. The van der Waals surface area contributed by atoms with Crippen molar-refractivity contribution in [3.63, 3.8) is 0 Å². The second-order valence-electron chi connectivity index (χ2n) is 6.83. The molecule has 1 aliphatic carbocycles. The van der Waals surface area contributed by atoms with Gasteiger partial charge in [0.25, 0.3) is 0 Å². The fourth-order valence-corrected chi connectivity index (χ4v) is 4.09. The summed E-state index contributed by atoms with van der Waals surface area (Å²) in [6, 6.07) is 15.2. The fraction of sp³-hybridized carbons (Fsp3) is 0.304. The van der Waals surface area contributed by atoms with E-state index in [0.717, 1.165) is 17.9 Å². The molecule has 0 saturated carbocycles. The molecule has 1 aliphatic heterocycles. The molecule has 0 aromatic heterocycles. The molecule has 3 atom stereocenters. The molecule has 0 fully saturated rings. The zero-order valence-corrected chi connectivity index (χ0v) is 15.2. The van der Waals surface area contributed by atoms with E-state index in [4.69, 9.17) is 9.47 Å². The summed E-state index contributed by atoms with van der Waals surface area (Å²) in [6.45, 7) is 6.96. The second-order valence-corrected chi connectivity index (χ2v) is 6.83. The highest BCUT2D eigenvalue weighted by atomic mass is 16.5. The van der Waals surface area contributed by atoms with Crippen LogP contribution in [0.3, 0.4) is 0 Å². The molecular formula is C23H25NO2. The van der Waals surface area contributed by atoms with Crippen molar-refractivity contribution < 1.29 is 9.47 Å². The van der Waals surface area contributed by atoms with Crippen molar-refractivity contribution in [2.75, 3.05) is 18.5 Å². The van der Waals surface area contributed by atoms with Gasteiger partial charge in [-0.05, 0) is 60.7 Å². The lowest BCUT2D eigenvalue weighted by molar-refractivity contribution is 0.340. The maximum Gasteiger partial charge on any atom is 0.120 e. The van der Waals surface area contributed by atoms with Gasteiger partial charge in [0.2, 0.25) is 0 Å². The number of benzene rings is 2. The minimum atomic E-state index is 0.304. The number of hydrogen-bond donors (Lipinski definition) is 1. The SMILES string of the molecule is C=CCOc1ccc2c(c1)C1C=CCC1C(c1ccc(OCC)cc1)N2. The van der Waals surface area contributed by atoms with E-state index in [9.17, 15) is 0 Å². The highest BCUT2D eigenvalue weighted by Crippen LogP contribution is 2.50. The first-order valence-corrected chi connectivity index (χ1v) is 9.33. The van der Waals surface area contributed by atoms with Crippen LogP contribution in [0.25, 0.3) is 0 Å². The van der Waals surface area contributed by atoms with Crippen molar-refractivity contribution in [3.8, 4) is 11.5 Å². The predicted octanol–water partition coefficient (Wildman–Crippen LogP) is 5.48. The quantitative estimate of drug-likeness (QED) is 0.702. The monoisotopic (exact) mass is 347 g/mol. The molecule has 0 radical (unpaired) electrons. The minimum Gasteiger partial charge on any atom is -0.494 e. The van der Waals surface area contributed by atoms with Crippen molar-refractivity contribution in [3.05, 3.63) is 78.4 Å². The number of fused-ring (bicyclic) bond motifs is 3. The molecule has 1 heterocycles. The van der Waals surface area contributed by atoms with Crippen LogP contribution >= 0.6 is 0 Å². The van der Waals surface area contributed by atoms with Crippen molar-refractivity contribution in [2.45, 2.75) is 25.3 Å². The molecule has 3 unspecified atom stereocenters. The molecule has 26 heavy (non-hydrogen) atoms. The van der Waals surface area contributed by atoms with Crippen molar-refractivity contribution in [2.24, 2.45) is 5.92 Å².